The minimum atomic E-state index is -0.348. The smallest absolute Gasteiger partial charge is 0.327 e. The summed E-state index contributed by atoms with van der Waals surface area (Å²) in [5, 5.41) is 0. The minimum absolute atomic E-state index is 0.113. The van der Waals surface area contributed by atoms with Crippen molar-refractivity contribution in [1.29, 1.82) is 0 Å². The van der Waals surface area contributed by atoms with E-state index in [1.807, 2.05) is 4.90 Å². The Bertz CT molecular complexity index is 787. The van der Waals surface area contributed by atoms with E-state index in [4.69, 9.17) is 19.9 Å². The zero-order chi connectivity index (χ0) is 21.9. The van der Waals surface area contributed by atoms with Crippen LogP contribution in [0.1, 0.15) is 31.9 Å². The second kappa shape index (κ2) is 12.3. The van der Waals surface area contributed by atoms with Crippen LogP contribution < -0.4 is 11.4 Å². The first-order chi connectivity index (χ1) is 14.5. The van der Waals surface area contributed by atoms with Gasteiger partial charge in [-0.15, -0.1) is 0 Å². The molecule has 30 heavy (non-hydrogen) atoms. The van der Waals surface area contributed by atoms with Crippen LogP contribution in [-0.4, -0.2) is 85.8 Å². The van der Waals surface area contributed by atoms with E-state index in [0.29, 0.717) is 50.8 Å². The van der Waals surface area contributed by atoms with Gasteiger partial charge in [0.05, 0.1) is 26.4 Å². The number of nitrogens with two attached hydrogens (primary N) is 1. The Labute approximate surface area is 175 Å². The third-order valence-electron chi connectivity index (χ3n) is 4.81. The molecule has 0 saturated carbocycles. The van der Waals surface area contributed by atoms with E-state index < -0.39 is 0 Å². The monoisotopic (exact) mass is 424 g/mol. The van der Waals surface area contributed by atoms with Crippen molar-refractivity contribution in [3.05, 3.63) is 16.2 Å². The van der Waals surface area contributed by atoms with Gasteiger partial charge in [0.1, 0.15) is 18.3 Å². The summed E-state index contributed by atoms with van der Waals surface area (Å²) >= 11 is 0. The molecule has 1 aliphatic rings. The van der Waals surface area contributed by atoms with Crippen molar-refractivity contribution in [2.75, 3.05) is 46.7 Å². The fourth-order valence-corrected chi connectivity index (χ4v) is 3.14. The predicted octanol–water partition coefficient (Wildman–Crippen LogP) is 0.252. The SMILES string of the molecule is C=Nc1c(/C(N)=N\COCCCC)[nH]c(=O)n1CCC1CN(CC(=O)OC)CCO1. The molecule has 168 valence electrons. The lowest BCUT2D eigenvalue weighted by molar-refractivity contribution is -0.143. The Kier molecular flexibility index (Phi) is 9.71. The number of aromatic amines is 1. The number of imidazole rings is 1. The molecule has 0 radical (unpaired) electrons. The van der Waals surface area contributed by atoms with Crippen LogP contribution >= 0.6 is 0 Å². The molecule has 1 fully saturated rings. The van der Waals surface area contributed by atoms with Crippen LogP contribution in [0.3, 0.4) is 0 Å². The topological polar surface area (TPSA) is 137 Å². The molecule has 11 nitrogen and oxygen atoms in total. The summed E-state index contributed by atoms with van der Waals surface area (Å²) < 4.78 is 17.3. The number of nitrogens with one attached hydrogen (secondary N) is 1. The molecule has 1 atom stereocenters. The second-order valence-corrected chi connectivity index (χ2v) is 6.97. The van der Waals surface area contributed by atoms with Gasteiger partial charge in [0.25, 0.3) is 0 Å². The molecule has 1 aromatic rings. The molecule has 2 rings (SSSR count). The normalized spacial score (nSPS) is 17.8. The molecule has 0 bridgehead atoms. The first-order valence-electron chi connectivity index (χ1n) is 10.1. The first kappa shape index (κ1) is 23.8. The molecule has 0 spiro atoms. The van der Waals surface area contributed by atoms with Crippen LogP contribution in [0.4, 0.5) is 5.82 Å². The summed E-state index contributed by atoms with van der Waals surface area (Å²) in [6.07, 6.45) is 2.42. The van der Waals surface area contributed by atoms with Crippen LogP contribution in [0.5, 0.6) is 0 Å². The summed E-state index contributed by atoms with van der Waals surface area (Å²) in [5.74, 6) is 0.189. The number of carbonyl (C=O) groups excluding carboxylic acids is 1. The van der Waals surface area contributed by atoms with Gasteiger partial charge in [-0.1, -0.05) is 13.3 Å². The largest absolute Gasteiger partial charge is 0.468 e. The van der Waals surface area contributed by atoms with Crippen LogP contribution in [-0.2, 0) is 25.5 Å². The lowest BCUT2D eigenvalue weighted by Gasteiger charge is -2.32. The molecule has 0 aliphatic carbocycles. The summed E-state index contributed by atoms with van der Waals surface area (Å²) in [5.41, 5.74) is 5.99. The van der Waals surface area contributed by atoms with Crippen molar-refractivity contribution in [3.63, 3.8) is 0 Å². The van der Waals surface area contributed by atoms with E-state index in [9.17, 15) is 9.59 Å². The second-order valence-electron chi connectivity index (χ2n) is 6.97. The molecule has 0 aromatic carbocycles. The highest BCUT2D eigenvalue weighted by Gasteiger charge is 2.23. The van der Waals surface area contributed by atoms with Gasteiger partial charge in [-0.05, 0) is 19.6 Å². The van der Waals surface area contributed by atoms with Gasteiger partial charge in [0.15, 0.2) is 5.82 Å². The maximum absolute atomic E-state index is 12.4. The number of hydrogen-bond donors (Lipinski definition) is 2. The molecular formula is C19H32N6O5. The van der Waals surface area contributed by atoms with Crippen LogP contribution in [0.2, 0.25) is 0 Å². The average Bonchev–Trinajstić information content (AvgIpc) is 3.07. The first-order valence-corrected chi connectivity index (χ1v) is 10.1. The van der Waals surface area contributed by atoms with Crippen molar-refractivity contribution in [3.8, 4) is 0 Å². The third-order valence-corrected chi connectivity index (χ3v) is 4.81. The van der Waals surface area contributed by atoms with Crippen LogP contribution in [0.15, 0.2) is 14.8 Å². The van der Waals surface area contributed by atoms with Crippen molar-refractivity contribution < 1.29 is 19.0 Å². The number of morpholine rings is 1. The summed E-state index contributed by atoms with van der Waals surface area (Å²) in [4.78, 5) is 36.7. The number of rotatable bonds is 12. The zero-order valence-corrected chi connectivity index (χ0v) is 17.8. The van der Waals surface area contributed by atoms with Crippen LogP contribution in [0, 0.1) is 0 Å². The lowest BCUT2D eigenvalue weighted by atomic mass is 10.2. The fourth-order valence-electron chi connectivity index (χ4n) is 3.14. The Morgan fingerprint density at radius 1 is 1.47 bits per heavy atom. The Balaban J connectivity index is 1.99. The van der Waals surface area contributed by atoms with Crippen molar-refractivity contribution in [2.24, 2.45) is 15.7 Å². The van der Waals surface area contributed by atoms with Gasteiger partial charge in [-0.25, -0.2) is 14.8 Å². The summed E-state index contributed by atoms with van der Waals surface area (Å²) in [7, 11) is 1.37. The number of methoxy groups -OCH3 is 1. The van der Waals surface area contributed by atoms with Gasteiger partial charge in [0.2, 0.25) is 0 Å². The quantitative estimate of drug-likeness (QED) is 0.212. The fraction of sp³-hybridized carbons (Fsp3) is 0.684. The number of H-pyrrole nitrogens is 1. The number of amidine groups is 1. The molecule has 0 amide bonds. The Morgan fingerprint density at radius 2 is 2.27 bits per heavy atom. The molecule has 11 heteroatoms. The average molecular weight is 425 g/mol. The Hall–Kier alpha value is -2.50. The van der Waals surface area contributed by atoms with Gasteiger partial charge in [-0.2, -0.15) is 0 Å². The highest BCUT2D eigenvalue weighted by molar-refractivity contribution is 5.99. The summed E-state index contributed by atoms with van der Waals surface area (Å²) in [6, 6.07) is 0. The maximum Gasteiger partial charge on any atom is 0.327 e. The van der Waals surface area contributed by atoms with Gasteiger partial charge >= 0.3 is 11.7 Å². The van der Waals surface area contributed by atoms with E-state index in [2.05, 4.69) is 28.6 Å². The van der Waals surface area contributed by atoms with Gasteiger partial charge < -0.3 is 24.9 Å². The number of hydrogen-bond acceptors (Lipinski definition) is 8. The number of aromatic nitrogens is 2. The number of unbranched alkanes of at least 4 members (excludes halogenated alkanes) is 1. The highest BCUT2D eigenvalue weighted by atomic mass is 16.5. The minimum Gasteiger partial charge on any atom is -0.468 e. The highest BCUT2D eigenvalue weighted by Crippen LogP contribution is 2.17. The maximum atomic E-state index is 12.4. The molecule has 2 heterocycles. The standard InChI is InChI=1S/C19H32N6O5/c1-4-5-9-29-13-22-17(20)16-18(21-2)25(19(27)23-16)7-6-14-11-24(8-10-30-14)12-15(26)28-3/h14H,2,4-13H2,1,3H3,(H2,20,22)(H,23,27). The van der Waals surface area contributed by atoms with E-state index >= 15 is 0 Å². The van der Waals surface area contributed by atoms with Crippen molar-refractivity contribution in [2.45, 2.75) is 38.8 Å². The number of aliphatic imine (C=N–C) groups is 2. The number of ether oxygens (including phenoxy) is 3. The van der Waals surface area contributed by atoms with E-state index in [1.54, 1.807) is 0 Å². The van der Waals surface area contributed by atoms with Crippen LogP contribution in [0.25, 0.3) is 0 Å². The number of carbonyl (C=O) groups is 1. The number of nitrogens with zero attached hydrogens (tertiary/aromatic N) is 4. The molecule has 1 aliphatic heterocycles. The van der Waals surface area contributed by atoms with Gasteiger partial charge in [-0.3, -0.25) is 14.3 Å². The van der Waals surface area contributed by atoms with E-state index in [1.165, 1.54) is 11.7 Å². The van der Waals surface area contributed by atoms with Crippen molar-refractivity contribution in [1.82, 2.24) is 14.5 Å². The Morgan fingerprint density at radius 3 is 2.97 bits per heavy atom. The van der Waals surface area contributed by atoms with Gasteiger partial charge in [0, 0.05) is 26.2 Å². The molecule has 1 saturated heterocycles. The zero-order valence-electron chi connectivity index (χ0n) is 17.8. The van der Waals surface area contributed by atoms with Crippen molar-refractivity contribution >= 4 is 24.3 Å². The molecular weight excluding hydrogens is 392 g/mol. The molecule has 1 aromatic heterocycles. The molecule has 3 N–H and O–H groups in total. The number of esters is 1. The lowest BCUT2D eigenvalue weighted by Crippen LogP contribution is -2.45. The third kappa shape index (κ3) is 6.78. The summed E-state index contributed by atoms with van der Waals surface area (Å²) in [6.45, 7) is 8.68. The molecule has 1 unspecified atom stereocenters. The van der Waals surface area contributed by atoms with E-state index in [0.717, 1.165) is 12.8 Å². The predicted molar refractivity (Wildman–Crippen MR) is 114 cm³/mol. The van der Waals surface area contributed by atoms with E-state index in [-0.39, 0.29) is 36.9 Å².